The smallest absolute Gasteiger partial charge is 0.335 e. The zero-order valence-corrected chi connectivity index (χ0v) is 10.2. The maximum atomic E-state index is 13.6. The zero-order chi connectivity index (χ0) is 14.0. The molecule has 0 fully saturated rings. The van der Waals surface area contributed by atoms with Crippen LogP contribution in [0.1, 0.15) is 10.4 Å². The van der Waals surface area contributed by atoms with E-state index in [2.05, 4.69) is 0 Å². The van der Waals surface area contributed by atoms with Gasteiger partial charge in [-0.3, -0.25) is 0 Å². The highest BCUT2D eigenvalue weighted by Gasteiger charge is 2.16. The summed E-state index contributed by atoms with van der Waals surface area (Å²) in [6, 6.07) is 6.95. The van der Waals surface area contributed by atoms with E-state index in [0.717, 1.165) is 0 Å². The number of carboxylic acids is 1. The van der Waals surface area contributed by atoms with Gasteiger partial charge >= 0.3 is 5.97 Å². The van der Waals surface area contributed by atoms with Crippen molar-refractivity contribution in [3.05, 3.63) is 59.4 Å². The zero-order valence-electron chi connectivity index (χ0n) is 9.36. The Balaban J connectivity index is 2.42. The molecule has 0 bridgehead atoms. The highest BCUT2D eigenvalue weighted by atomic mass is 32.2. The van der Waals surface area contributed by atoms with Crippen molar-refractivity contribution in [3.8, 4) is 0 Å². The van der Waals surface area contributed by atoms with E-state index in [1.54, 1.807) is 0 Å². The van der Waals surface area contributed by atoms with E-state index in [0.29, 0.717) is 23.9 Å². The van der Waals surface area contributed by atoms with Crippen LogP contribution in [0.5, 0.6) is 0 Å². The molecule has 0 unspecified atom stereocenters. The van der Waals surface area contributed by atoms with E-state index in [1.165, 1.54) is 24.3 Å². The summed E-state index contributed by atoms with van der Waals surface area (Å²) in [7, 11) is 0. The second-order valence-electron chi connectivity index (χ2n) is 3.61. The van der Waals surface area contributed by atoms with E-state index >= 15 is 0 Å². The van der Waals surface area contributed by atoms with Crippen LogP contribution in [0, 0.1) is 17.5 Å². The lowest BCUT2D eigenvalue weighted by Crippen LogP contribution is -2.00. The quantitative estimate of drug-likeness (QED) is 0.927. The van der Waals surface area contributed by atoms with Crippen molar-refractivity contribution < 1.29 is 23.1 Å². The van der Waals surface area contributed by atoms with Gasteiger partial charge in [0.15, 0.2) is 0 Å². The number of carbonyl (C=O) groups is 1. The molecule has 2 aromatic carbocycles. The van der Waals surface area contributed by atoms with Gasteiger partial charge in [0.05, 0.1) is 10.5 Å². The summed E-state index contributed by atoms with van der Waals surface area (Å²) in [5.74, 6) is -4.11. The molecule has 19 heavy (non-hydrogen) atoms. The lowest BCUT2D eigenvalue weighted by Gasteiger charge is -2.06. The van der Waals surface area contributed by atoms with Crippen molar-refractivity contribution in [2.45, 2.75) is 9.79 Å². The van der Waals surface area contributed by atoms with Crippen LogP contribution in [0.3, 0.4) is 0 Å². The molecule has 1 N–H and O–H groups in total. The van der Waals surface area contributed by atoms with Gasteiger partial charge in [0.1, 0.15) is 17.5 Å². The van der Waals surface area contributed by atoms with Crippen LogP contribution in [0.15, 0.2) is 46.2 Å². The number of halogens is 3. The molecule has 0 radical (unpaired) electrons. The number of aromatic carboxylic acids is 1. The van der Waals surface area contributed by atoms with Gasteiger partial charge in [-0.15, -0.1) is 0 Å². The first kappa shape index (κ1) is 13.5. The third-order valence-corrected chi connectivity index (χ3v) is 3.44. The third-order valence-electron chi connectivity index (χ3n) is 2.29. The van der Waals surface area contributed by atoms with Gasteiger partial charge in [-0.2, -0.15) is 0 Å². The summed E-state index contributed by atoms with van der Waals surface area (Å²) < 4.78 is 40.7. The molecule has 0 aliphatic rings. The van der Waals surface area contributed by atoms with E-state index in [4.69, 9.17) is 5.11 Å². The minimum absolute atomic E-state index is 0.0587. The molecule has 0 saturated heterocycles. The average Bonchev–Trinajstić information content (AvgIpc) is 2.35. The summed E-state index contributed by atoms with van der Waals surface area (Å²) in [6.45, 7) is 0. The first-order valence-corrected chi connectivity index (χ1v) is 5.95. The molecule has 0 aromatic heterocycles. The lowest BCUT2D eigenvalue weighted by molar-refractivity contribution is 0.0695. The Hall–Kier alpha value is -1.95. The molecule has 0 aliphatic carbocycles. The summed E-state index contributed by atoms with van der Waals surface area (Å²) >= 11 is 0.570. The van der Waals surface area contributed by atoms with Crippen molar-refractivity contribution in [1.29, 1.82) is 0 Å². The molecule has 0 spiro atoms. The number of hydrogen-bond donors (Lipinski definition) is 1. The van der Waals surface area contributed by atoms with E-state index in [-0.39, 0.29) is 4.90 Å². The normalized spacial score (nSPS) is 10.5. The fraction of sp³-hybridized carbons (Fsp3) is 0. The molecule has 2 aromatic rings. The molecule has 0 saturated carbocycles. The van der Waals surface area contributed by atoms with Gasteiger partial charge in [0.25, 0.3) is 0 Å². The predicted molar refractivity (Wildman–Crippen MR) is 63.8 cm³/mol. The van der Waals surface area contributed by atoms with Gasteiger partial charge in [0, 0.05) is 4.90 Å². The Morgan fingerprint density at radius 3 is 2.11 bits per heavy atom. The number of hydrogen-bond acceptors (Lipinski definition) is 2. The summed E-state index contributed by atoms with van der Waals surface area (Å²) in [5, 5.41) is 8.66. The number of carboxylic acid groups (broad SMARTS) is 1. The van der Waals surface area contributed by atoms with Crippen LogP contribution < -0.4 is 0 Å². The topological polar surface area (TPSA) is 37.3 Å². The van der Waals surface area contributed by atoms with Gasteiger partial charge < -0.3 is 5.11 Å². The minimum atomic E-state index is -1.43. The maximum Gasteiger partial charge on any atom is 0.335 e. The molecule has 0 heterocycles. The molecular formula is C13H7F3O2S. The summed E-state index contributed by atoms with van der Waals surface area (Å²) in [4.78, 5) is 10.3. The largest absolute Gasteiger partial charge is 0.478 e. The van der Waals surface area contributed by atoms with Crippen LogP contribution in [0.4, 0.5) is 13.2 Å². The van der Waals surface area contributed by atoms with Crippen molar-refractivity contribution in [2.75, 3.05) is 0 Å². The van der Waals surface area contributed by atoms with Gasteiger partial charge in [-0.05, 0) is 24.3 Å². The minimum Gasteiger partial charge on any atom is -0.478 e. The highest BCUT2D eigenvalue weighted by Crippen LogP contribution is 2.34. The first-order chi connectivity index (χ1) is 8.99. The Labute approximate surface area is 110 Å². The Morgan fingerprint density at radius 1 is 1.00 bits per heavy atom. The Kier molecular flexibility index (Phi) is 3.80. The van der Waals surface area contributed by atoms with Crippen molar-refractivity contribution in [3.63, 3.8) is 0 Å². The molecule has 2 nitrogen and oxygen atoms in total. The molecule has 98 valence electrons. The maximum absolute atomic E-state index is 13.6. The second-order valence-corrected chi connectivity index (χ2v) is 4.66. The molecule has 0 aliphatic heterocycles. The van der Waals surface area contributed by atoms with E-state index in [1.807, 2.05) is 0 Å². The highest BCUT2D eigenvalue weighted by molar-refractivity contribution is 7.99. The molecule has 2 rings (SSSR count). The third kappa shape index (κ3) is 2.90. The van der Waals surface area contributed by atoms with Crippen LogP contribution in [-0.4, -0.2) is 11.1 Å². The Bertz CT molecular complexity index is 621. The van der Waals surface area contributed by atoms with Gasteiger partial charge in [-0.1, -0.05) is 23.9 Å². The number of benzene rings is 2. The standard InChI is InChI=1S/C13H7F3O2S/c14-8-3-1-2-4-11(8)19-12-9(15)5-7(13(17)18)6-10(12)16/h1-6H,(H,17,18). The van der Waals surface area contributed by atoms with Gasteiger partial charge in [0.2, 0.25) is 0 Å². The van der Waals surface area contributed by atoms with E-state index in [9.17, 15) is 18.0 Å². The summed E-state index contributed by atoms with van der Waals surface area (Å²) in [6.07, 6.45) is 0. The SMILES string of the molecule is O=C(O)c1cc(F)c(Sc2ccccc2F)c(F)c1. The monoisotopic (exact) mass is 284 g/mol. The Morgan fingerprint density at radius 2 is 1.58 bits per heavy atom. The van der Waals surface area contributed by atoms with Crippen LogP contribution >= 0.6 is 11.8 Å². The first-order valence-electron chi connectivity index (χ1n) is 5.13. The van der Waals surface area contributed by atoms with Gasteiger partial charge in [-0.25, -0.2) is 18.0 Å². The van der Waals surface area contributed by atoms with E-state index < -0.39 is 33.9 Å². The predicted octanol–water partition coefficient (Wildman–Crippen LogP) is 3.95. The molecule has 0 amide bonds. The molecule has 6 heteroatoms. The lowest BCUT2D eigenvalue weighted by atomic mass is 10.2. The fourth-order valence-corrected chi connectivity index (χ4v) is 2.26. The second kappa shape index (κ2) is 5.36. The van der Waals surface area contributed by atoms with Crippen LogP contribution in [0.25, 0.3) is 0 Å². The van der Waals surface area contributed by atoms with Crippen molar-refractivity contribution >= 4 is 17.7 Å². The molecule has 0 atom stereocenters. The molecular weight excluding hydrogens is 277 g/mol. The van der Waals surface area contributed by atoms with Crippen LogP contribution in [0.2, 0.25) is 0 Å². The van der Waals surface area contributed by atoms with Crippen molar-refractivity contribution in [2.24, 2.45) is 0 Å². The average molecular weight is 284 g/mol. The fourth-order valence-electron chi connectivity index (χ4n) is 1.42. The summed E-state index contributed by atoms with van der Waals surface area (Å²) in [5.41, 5.74) is -0.493. The number of rotatable bonds is 3. The van der Waals surface area contributed by atoms with Crippen molar-refractivity contribution in [1.82, 2.24) is 0 Å². The van der Waals surface area contributed by atoms with Crippen LogP contribution in [-0.2, 0) is 0 Å².